The van der Waals surface area contributed by atoms with Crippen LogP contribution in [0.2, 0.25) is 0 Å². The molecule has 0 unspecified atom stereocenters. The van der Waals surface area contributed by atoms with Gasteiger partial charge in [0.05, 0.1) is 0 Å². The lowest BCUT2D eigenvalue weighted by atomic mass is 9.84. The number of alkyl halides is 12. The van der Waals surface area contributed by atoms with Crippen molar-refractivity contribution < 1.29 is 62.9 Å². The molecule has 6 N–H and O–H groups in total. The summed E-state index contributed by atoms with van der Waals surface area (Å²) in [5, 5.41) is 17.1. The molecular weight excluding hydrogens is 480 g/mol. The average Bonchev–Trinajstić information content (AvgIpc) is 2.57. The van der Waals surface area contributed by atoms with E-state index in [0.29, 0.717) is 12.1 Å². The first-order chi connectivity index (χ1) is 14.0. The maximum Gasteiger partial charge on any atom is 0.430 e. The fraction of sp³-hybridized carbons (Fsp3) is 0.375. The van der Waals surface area contributed by atoms with Gasteiger partial charge in [0.15, 0.2) is 0 Å². The van der Waals surface area contributed by atoms with Crippen LogP contribution in [0.1, 0.15) is 11.1 Å². The normalized spacial score (nSPS) is 14.8. The number of halogens is 12. The van der Waals surface area contributed by atoms with Crippen molar-refractivity contribution in [3.63, 3.8) is 0 Å². The average molecular weight is 490 g/mol. The summed E-state index contributed by atoms with van der Waals surface area (Å²) in [6.45, 7) is 0. The lowest BCUT2D eigenvalue weighted by Gasteiger charge is -2.35. The zero-order valence-electron chi connectivity index (χ0n) is 14.9. The highest BCUT2D eigenvalue weighted by Gasteiger charge is 2.73. The second-order valence-electron chi connectivity index (χ2n) is 6.56. The van der Waals surface area contributed by atoms with Gasteiger partial charge in [-0.2, -0.15) is 52.7 Å². The minimum atomic E-state index is -6.46. The Balaban J connectivity index is 3.03. The monoisotopic (exact) mass is 490 g/mol. The van der Waals surface area contributed by atoms with Crippen LogP contribution >= 0.6 is 0 Å². The van der Waals surface area contributed by atoms with Crippen molar-refractivity contribution in [2.45, 2.75) is 35.9 Å². The smallest absolute Gasteiger partial charge is 0.398 e. The predicted octanol–water partition coefficient (Wildman–Crippen LogP) is 4.63. The summed E-state index contributed by atoms with van der Waals surface area (Å²) in [5.74, 6) is 0. The van der Waals surface area contributed by atoms with Gasteiger partial charge in [-0.3, -0.25) is 0 Å². The molecular formula is C16H10F12N2O2. The first-order valence-corrected chi connectivity index (χ1v) is 7.86. The molecule has 0 atom stereocenters. The van der Waals surface area contributed by atoms with Gasteiger partial charge in [0.2, 0.25) is 0 Å². The predicted molar refractivity (Wildman–Crippen MR) is 84.8 cm³/mol. The van der Waals surface area contributed by atoms with Gasteiger partial charge in [0.1, 0.15) is 0 Å². The SMILES string of the molecule is Nc1c(C(O)(C(F)(F)F)C(F)(F)F)ccc2ccc(C(O)(C(F)(F)F)C(F)(F)F)c(N)c12. The third-order valence-electron chi connectivity index (χ3n) is 4.69. The molecule has 0 fully saturated rings. The molecule has 0 saturated carbocycles. The number of nitrogens with two attached hydrogens (primary N) is 2. The maximum absolute atomic E-state index is 13.2. The lowest BCUT2D eigenvalue weighted by Crippen LogP contribution is -2.54. The molecule has 0 aromatic heterocycles. The Bertz CT molecular complexity index is 930. The van der Waals surface area contributed by atoms with Crippen molar-refractivity contribution in [2.24, 2.45) is 0 Å². The van der Waals surface area contributed by atoms with Gasteiger partial charge in [-0.25, -0.2) is 0 Å². The van der Waals surface area contributed by atoms with E-state index in [1.807, 2.05) is 0 Å². The van der Waals surface area contributed by atoms with Gasteiger partial charge in [-0.05, 0) is 5.39 Å². The number of anilines is 2. The molecule has 0 heterocycles. The van der Waals surface area contributed by atoms with Gasteiger partial charge in [-0.1, -0.05) is 24.3 Å². The number of benzene rings is 2. The largest absolute Gasteiger partial charge is 0.430 e. The number of hydrogen-bond donors (Lipinski definition) is 4. The second-order valence-corrected chi connectivity index (χ2v) is 6.56. The Kier molecular flexibility index (Phi) is 5.56. The van der Waals surface area contributed by atoms with Crippen LogP contribution in [0.25, 0.3) is 10.8 Å². The maximum atomic E-state index is 13.2. The fourth-order valence-corrected chi connectivity index (χ4v) is 3.04. The quantitative estimate of drug-likeness (QED) is 0.365. The molecule has 0 radical (unpaired) electrons. The summed E-state index contributed by atoms with van der Waals surface area (Å²) in [5.41, 5.74) is -8.50. The molecule has 0 aliphatic carbocycles. The van der Waals surface area contributed by atoms with E-state index in [-0.39, 0.29) is 12.1 Å². The standard InChI is InChI=1S/C16H10F12N2O2/c17-13(18,19)11(31,14(20,21)22)6-3-1-5-2-4-7(10(30)8(5)9(6)29)12(32,15(23,24)25)16(26,27)28/h1-4,31-32H,29-30H2. The Morgan fingerprint density at radius 2 is 0.750 bits per heavy atom. The van der Waals surface area contributed by atoms with Crippen molar-refractivity contribution in [2.75, 3.05) is 11.5 Å². The number of aliphatic hydroxyl groups is 2. The molecule has 0 saturated heterocycles. The third kappa shape index (κ3) is 3.35. The first-order valence-electron chi connectivity index (χ1n) is 7.86. The summed E-state index contributed by atoms with van der Waals surface area (Å²) in [4.78, 5) is 0. The van der Waals surface area contributed by atoms with E-state index < -0.39 is 69.2 Å². The molecule has 0 aliphatic rings. The van der Waals surface area contributed by atoms with Crippen LogP contribution < -0.4 is 11.5 Å². The highest BCUT2D eigenvalue weighted by atomic mass is 19.4. The van der Waals surface area contributed by atoms with Crippen LogP contribution in [0.15, 0.2) is 24.3 Å². The summed E-state index contributed by atoms with van der Waals surface area (Å²) >= 11 is 0. The number of hydrogen-bond acceptors (Lipinski definition) is 4. The van der Waals surface area contributed by atoms with E-state index in [0.717, 1.165) is 0 Å². The number of rotatable bonds is 2. The van der Waals surface area contributed by atoms with Crippen LogP contribution in [0.3, 0.4) is 0 Å². The molecule has 32 heavy (non-hydrogen) atoms. The fourth-order valence-electron chi connectivity index (χ4n) is 3.04. The minimum Gasteiger partial charge on any atom is -0.398 e. The van der Waals surface area contributed by atoms with E-state index in [1.54, 1.807) is 0 Å². The highest BCUT2D eigenvalue weighted by Crippen LogP contribution is 2.55. The van der Waals surface area contributed by atoms with Gasteiger partial charge in [0.25, 0.3) is 11.2 Å². The van der Waals surface area contributed by atoms with Crippen molar-refractivity contribution in [3.8, 4) is 0 Å². The van der Waals surface area contributed by atoms with Crippen LogP contribution in [-0.2, 0) is 11.2 Å². The number of fused-ring (bicyclic) bond motifs is 1. The van der Waals surface area contributed by atoms with Gasteiger partial charge >= 0.3 is 24.7 Å². The van der Waals surface area contributed by atoms with Gasteiger partial charge in [0, 0.05) is 27.9 Å². The molecule has 2 aromatic carbocycles. The number of nitrogen functional groups attached to an aromatic ring is 2. The van der Waals surface area contributed by atoms with E-state index in [4.69, 9.17) is 11.5 Å². The van der Waals surface area contributed by atoms with Crippen LogP contribution in [0.5, 0.6) is 0 Å². The van der Waals surface area contributed by atoms with E-state index in [1.165, 1.54) is 0 Å². The molecule has 0 aliphatic heterocycles. The zero-order chi connectivity index (χ0) is 25.3. The minimum absolute atomic E-state index is 0.0392. The van der Waals surface area contributed by atoms with Crippen molar-refractivity contribution in [1.29, 1.82) is 0 Å². The van der Waals surface area contributed by atoms with Crippen molar-refractivity contribution in [3.05, 3.63) is 35.4 Å². The molecule has 0 amide bonds. The second kappa shape index (κ2) is 6.94. The Morgan fingerprint density at radius 3 is 0.969 bits per heavy atom. The third-order valence-corrected chi connectivity index (χ3v) is 4.69. The Hall–Kier alpha value is -2.62. The summed E-state index contributed by atoms with van der Waals surface area (Å²) in [7, 11) is 0. The zero-order valence-corrected chi connectivity index (χ0v) is 14.9. The Labute approximate surface area is 169 Å². The molecule has 2 aromatic rings. The summed E-state index contributed by atoms with van der Waals surface area (Å²) < 4.78 is 158. The molecule has 0 bridgehead atoms. The van der Waals surface area contributed by atoms with E-state index in [9.17, 15) is 62.9 Å². The molecule has 180 valence electrons. The topological polar surface area (TPSA) is 92.5 Å². The van der Waals surface area contributed by atoms with Crippen LogP contribution in [-0.4, -0.2) is 34.9 Å². The highest BCUT2D eigenvalue weighted by molar-refractivity contribution is 6.04. The van der Waals surface area contributed by atoms with E-state index >= 15 is 0 Å². The van der Waals surface area contributed by atoms with Crippen LogP contribution in [0.4, 0.5) is 64.1 Å². The molecule has 2 rings (SSSR count). The summed E-state index contributed by atoms with van der Waals surface area (Å²) in [6, 6.07) is 0.892. The Morgan fingerprint density at radius 1 is 0.500 bits per heavy atom. The van der Waals surface area contributed by atoms with Crippen molar-refractivity contribution >= 4 is 22.1 Å². The molecule has 4 nitrogen and oxygen atoms in total. The first kappa shape index (κ1) is 25.6. The molecule has 0 spiro atoms. The van der Waals surface area contributed by atoms with Gasteiger partial charge in [-0.15, -0.1) is 0 Å². The summed E-state index contributed by atoms with van der Waals surface area (Å²) in [6.07, 6.45) is -25.8. The van der Waals surface area contributed by atoms with E-state index in [2.05, 4.69) is 0 Å². The van der Waals surface area contributed by atoms with Crippen LogP contribution in [0, 0.1) is 0 Å². The lowest BCUT2D eigenvalue weighted by molar-refractivity contribution is -0.376. The molecule has 16 heteroatoms. The van der Waals surface area contributed by atoms with Gasteiger partial charge < -0.3 is 21.7 Å². The van der Waals surface area contributed by atoms with Crippen molar-refractivity contribution in [1.82, 2.24) is 0 Å².